The number of carbonyl (C=O) groups excluding carboxylic acids is 12. The molecule has 12 amide bonds. The molecule has 0 aromatic heterocycles. The molecule has 0 radical (unpaired) electrons. The Bertz CT molecular complexity index is 3620. The Hall–Kier alpha value is -8.56. The molecule has 4 saturated heterocycles. The molecule has 6 fully saturated rings. The number of benzene rings is 2. The van der Waals surface area contributed by atoms with Crippen molar-refractivity contribution in [2.24, 2.45) is 17.8 Å². The van der Waals surface area contributed by atoms with Crippen molar-refractivity contribution < 1.29 is 103 Å². The van der Waals surface area contributed by atoms with Gasteiger partial charge in [0.2, 0.25) is 70.9 Å². The van der Waals surface area contributed by atoms with Crippen LogP contribution < -0.4 is 16.0 Å². The SMILES string of the molecule is CC[C@H](C)[C@@H]1NC(=O)[C@H](CC(C)C)N(C)C(=O)C[C@@H](C(=O)N2CCOCC2)N(C)C(=O)[C@H](C2CCCC2)N(C)C(=O)C2(CCC2)NC(=O)[C@@H]2[C@@H](O)CCN2C(=O)[C@@H](CCc2cc(F)c(C(F)(F)F)c(F)c2)NC(=O)CN(C)C(=O)[C@H](Cc2ccc(C(F)(F)F)cc2)N2CCCC[C@@H](C2=O)N(C)C(=O)CN(C)C1=O. The lowest BCUT2D eigenvalue weighted by Crippen LogP contribution is -2.69. The Morgan fingerprint density at radius 3 is 1.81 bits per heavy atom. The largest absolute Gasteiger partial charge is 0.422 e. The molecular formula is C74H102F8N12O14. The second-order valence-corrected chi connectivity index (χ2v) is 30.2. The zero-order valence-corrected chi connectivity index (χ0v) is 62.9. The summed E-state index contributed by atoms with van der Waals surface area (Å²) in [5, 5.41) is 19.8. The van der Waals surface area contributed by atoms with Gasteiger partial charge in [-0.15, -0.1) is 0 Å². The lowest BCUT2D eigenvalue weighted by molar-refractivity contribution is -0.159. The van der Waals surface area contributed by atoms with E-state index in [1.165, 1.54) is 45.0 Å². The van der Waals surface area contributed by atoms with Crippen molar-refractivity contribution in [3.63, 3.8) is 0 Å². The standard InChI is InChI=1S/C74H102F8N12O14/c1-11-43(4)60-69(105)87(6)41-58(98)88(7)51-19-14-15-29-93(68(51)104)54(38-44-20-23-47(24-21-44)73(77,78)79)66(102)86(5)40-56(96)83-50(25-22-45-36-48(75)59(49(76)37-45)74(80,81)82)65(101)94-30-26-55(95)62(94)64(100)85-72(27-16-28-72)71(107)91(10)61(46-17-12-13-18-46)70(106)90(9)53(67(103)92-31-33-108-34-32-92)39-57(97)89(8)52(35-42(2)3)63(99)84-60/h20-21,23-24,36-37,42-43,46,50-55,60-62,95H,11-19,22,25-35,38-41H2,1-10H3,(H,83,96)(H,84,99)(H,85,100)/t43-,50+,51-,52-,53-,54-,55-,60-,61-,62-/m0/s1. The highest BCUT2D eigenvalue weighted by Crippen LogP contribution is 2.40. The number of morpholine rings is 1. The molecule has 4 heterocycles. The zero-order chi connectivity index (χ0) is 79.8. The van der Waals surface area contributed by atoms with E-state index in [1.807, 2.05) is 0 Å². The summed E-state index contributed by atoms with van der Waals surface area (Å²) in [5.41, 5.74) is -5.37. The van der Waals surface area contributed by atoms with E-state index in [0.29, 0.717) is 50.7 Å². The van der Waals surface area contributed by atoms with Gasteiger partial charge in [-0.05, 0) is 130 Å². The van der Waals surface area contributed by atoms with Gasteiger partial charge in [0.1, 0.15) is 71.1 Å². The molecule has 2 saturated carbocycles. The first kappa shape index (κ1) is 85.1. The van der Waals surface area contributed by atoms with E-state index in [-0.39, 0.29) is 89.3 Å². The van der Waals surface area contributed by atoms with Gasteiger partial charge in [-0.2, -0.15) is 26.3 Å². The van der Waals surface area contributed by atoms with Crippen molar-refractivity contribution in [3.8, 4) is 0 Å². The van der Waals surface area contributed by atoms with Crippen LogP contribution in [0.25, 0.3) is 0 Å². The van der Waals surface area contributed by atoms with E-state index < -0.39 is 229 Å². The molecule has 4 N–H and O–H groups in total. The van der Waals surface area contributed by atoms with Crippen LogP contribution in [0.3, 0.4) is 0 Å². The molecule has 26 nitrogen and oxygen atoms in total. The molecule has 0 unspecified atom stereocenters. The van der Waals surface area contributed by atoms with Crippen molar-refractivity contribution in [2.45, 2.75) is 209 Å². The Balaban J connectivity index is 1.21. The van der Waals surface area contributed by atoms with Crippen LogP contribution in [0.2, 0.25) is 0 Å². The number of aliphatic hydroxyl groups is 1. The summed E-state index contributed by atoms with van der Waals surface area (Å²) in [7, 11) is 7.80. The summed E-state index contributed by atoms with van der Waals surface area (Å²) in [6, 6.07) is -7.74. The van der Waals surface area contributed by atoms with Gasteiger partial charge >= 0.3 is 12.4 Å². The number of rotatable bonds is 11. The predicted octanol–water partition coefficient (Wildman–Crippen LogP) is 4.30. The molecule has 108 heavy (non-hydrogen) atoms. The summed E-state index contributed by atoms with van der Waals surface area (Å²) < 4.78 is 119. The van der Waals surface area contributed by atoms with Crippen LogP contribution in [0.15, 0.2) is 36.4 Å². The number of alkyl halides is 6. The smallest absolute Gasteiger partial charge is 0.390 e. The van der Waals surface area contributed by atoms with Crippen LogP contribution in [0.1, 0.15) is 146 Å². The van der Waals surface area contributed by atoms with Gasteiger partial charge in [0.15, 0.2) is 0 Å². The summed E-state index contributed by atoms with van der Waals surface area (Å²) in [4.78, 5) is 191. The van der Waals surface area contributed by atoms with E-state index in [1.54, 1.807) is 27.7 Å². The number of carbonyl (C=O) groups is 12. The average molecular weight is 1540 g/mol. The van der Waals surface area contributed by atoms with E-state index >= 15 is 47.1 Å². The van der Waals surface area contributed by atoms with Crippen molar-refractivity contribution >= 4 is 70.9 Å². The highest BCUT2D eigenvalue weighted by atomic mass is 19.4. The number of ether oxygens (including phenoxy) is 1. The Kier molecular flexibility index (Phi) is 28.2. The number of nitrogens with one attached hydrogen (secondary N) is 3. The monoisotopic (exact) mass is 1530 g/mol. The highest BCUT2D eigenvalue weighted by Gasteiger charge is 2.54. The van der Waals surface area contributed by atoms with Gasteiger partial charge in [0.25, 0.3) is 0 Å². The molecule has 1 spiro atoms. The van der Waals surface area contributed by atoms with Crippen molar-refractivity contribution in [1.29, 1.82) is 0 Å². The number of fused-ring (bicyclic) bond motifs is 3. The fraction of sp³-hybridized carbons (Fsp3) is 0.676. The second-order valence-electron chi connectivity index (χ2n) is 30.2. The van der Waals surface area contributed by atoms with Crippen LogP contribution in [0.4, 0.5) is 35.1 Å². The number of halogens is 8. The number of amides is 12. The molecule has 6 aliphatic rings. The first-order valence-corrected chi connectivity index (χ1v) is 37.0. The van der Waals surface area contributed by atoms with Gasteiger partial charge in [0, 0.05) is 74.9 Å². The van der Waals surface area contributed by atoms with Crippen LogP contribution in [-0.2, 0) is 87.5 Å². The van der Waals surface area contributed by atoms with E-state index in [9.17, 15) is 50.6 Å². The fourth-order valence-corrected chi connectivity index (χ4v) is 15.5. The van der Waals surface area contributed by atoms with Crippen molar-refractivity contribution in [3.05, 3.63) is 70.3 Å². The summed E-state index contributed by atoms with van der Waals surface area (Å²) in [6.07, 6.45) is -11.4. The maximum Gasteiger partial charge on any atom is 0.422 e. The molecule has 2 aliphatic carbocycles. The molecule has 598 valence electrons. The second kappa shape index (κ2) is 35.9. The summed E-state index contributed by atoms with van der Waals surface area (Å²) in [6.45, 7) is 5.27. The normalized spacial score (nSPS) is 26.7. The van der Waals surface area contributed by atoms with Crippen molar-refractivity contribution in [1.82, 2.24) is 60.0 Å². The number of hydrogen-bond donors (Lipinski definition) is 4. The van der Waals surface area contributed by atoms with Gasteiger partial charge in [0.05, 0.1) is 44.4 Å². The van der Waals surface area contributed by atoms with E-state index in [2.05, 4.69) is 16.0 Å². The third-order valence-corrected chi connectivity index (χ3v) is 22.3. The molecule has 2 aromatic carbocycles. The lowest BCUT2D eigenvalue weighted by Gasteiger charge is -2.47. The number of aryl methyl sites for hydroxylation is 1. The Labute approximate surface area is 623 Å². The first-order valence-electron chi connectivity index (χ1n) is 37.0. The number of likely N-dealkylation sites (N-methyl/N-ethyl adjacent to an activating group) is 6. The maximum atomic E-state index is 15.6. The number of aliphatic hydroxyl groups excluding tert-OH is 1. The third kappa shape index (κ3) is 19.7. The number of nitrogens with zero attached hydrogens (tertiary/aromatic N) is 9. The predicted molar refractivity (Wildman–Crippen MR) is 373 cm³/mol. The maximum absolute atomic E-state index is 15.6. The van der Waals surface area contributed by atoms with Gasteiger partial charge in [-0.1, -0.05) is 59.1 Å². The number of hydrogen-bond acceptors (Lipinski definition) is 14. The zero-order valence-electron chi connectivity index (χ0n) is 62.9. The summed E-state index contributed by atoms with van der Waals surface area (Å²) in [5.74, 6) is -15.8. The van der Waals surface area contributed by atoms with Gasteiger partial charge in [-0.25, -0.2) is 8.78 Å². The minimum absolute atomic E-state index is 0.00742. The van der Waals surface area contributed by atoms with Crippen molar-refractivity contribution in [2.75, 3.05) is 94.8 Å². The first-order chi connectivity index (χ1) is 50.7. The lowest BCUT2D eigenvalue weighted by atomic mass is 9.74. The molecule has 10 atom stereocenters. The molecule has 2 aromatic rings. The highest BCUT2D eigenvalue weighted by molar-refractivity contribution is 6.01. The van der Waals surface area contributed by atoms with Crippen LogP contribution in [0.5, 0.6) is 0 Å². The minimum Gasteiger partial charge on any atom is -0.390 e. The van der Waals surface area contributed by atoms with E-state index in [4.69, 9.17) is 4.74 Å². The minimum atomic E-state index is -5.47. The van der Waals surface area contributed by atoms with Gasteiger partial charge in [-0.3, -0.25) is 57.5 Å². The molecule has 2 bridgehead atoms. The topological polar surface area (TPSA) is 300 Å². The molecule has 34 heteroatoms. The van der Waals surface area contributed by atoms with Gasteiger partial charge < -0.3 is 69.9 Å². The molecular weight excluding hydrogens is 1430 g/mol. The molecule has 8 rings (SSSR count). The molecule has 4 aliphatic heterocycles. The van der Waals surface area contributed by atoms with Crippen LogP contribution in [-0.4, -0.2) is 275 Å². The van der Waals surface area contributed by atoms with Crippen LogP contribution >= 0.6 is 0 Å². The quantitative estimate of drug-likeness (QED) is 0.228. The average Bonchev–Trinajstić information content (AvgIpc) is 0.949. The Morgan fingerprint density at radius 1 is 0.620 bits per heavy atom. The van der Waals surface area contributed by atoms with Crippen LogP contribution in [0, 0.1) is 29.4 Å². The Morgan fingerprint density at radius 2 is 1.23 bits per heavy atom. The van der Waals surface area contributed by atoms with E-state index in [0.717, 1.165) is 65.6 Å². The fourth-order valence-electron chi connectivity index (χ4n) is 15.5. The summed E-state index contributed by atoms with van der Waals surface area (Å²) >= 11 is 0. The third-order valence-electron chi connectivity index (χ3n) is 22.3.